The van der Waals surface area contributed by atoms with E-state index in [0.29, 0.717) is 0 Å². The van der Waals surface area contributed by atoms with E-state index >= 15 is 0 Å². The van der Waals surface area contributed by atoms with Crippen LogP contribution in [0.3, 0.4) is 0 Å². The first kappa shape index (κ1) is 14.3. The molecule has 0 spiro atoms. The summed E-state index contributed by atoms with van der Waals surface area (Å²) >= 11 is 0. The van der Waals surface area contributed by atoms with Gasteiger partial charge in [0, 0.05) is 37.6 Å². The molecule has 0 bridgehead atoms. The van der Waals surface area contributed by atoms with Crippen molar-refractivity contribution in [2.45, 2.75) is 39.0 Å². The Kier molecular flexibility index (Phi) is 3.61. The molecule has 0 saturated carbocycles. The molecule has 0 amide bonds. The second-order valence-electron chi connectivity index (χ2n) is 6.76. The van der Waals surface area contributed by atoms with E-state index in [1.54, 1.807) is 0 Å². The number of nitrogens with zero attached hydrogens (tertiary/aromatic N) is 5. The van der Waals surface area contributed by atoms with Gasteiger partial charge in [-0.3, -0.25) is 9.25 Å². The fourth-order valence-corrected chi connectivity index (χ4v) is 3.39. The average molecular weight is 287 g/mol. The monoisotopic (exact) mass is 287 g/mol. The molecule has 0 unspecified atom stereocenters. The number of imidazole rings is 1. The highest BCUT2D eigenvalue weighted by atomic mass is 15.3. The second kappa shape index (κ2) is 5.30. The second-order valence-corrected chi connectivity index (χ2v) is 6.76. The van der Waals surface area contributed by atoms with Crippen molar-refractivity contribution < 1.29 is 0 Å². The molecule has 0 aromatic carbocycles. The zero-order chi connectivity index (χ0) is 15.0. The van der Waals surface area contributed by atoms with Crippen molar-refractivity contribution in [2.75, 3.05) is 19.6 Å². The molecule has 2 aromatic rings. The van der Waals surface area contributed by atoms with E-state index in [1.165, 1.54) is 25.9 Å². The van der Waals surface area contributed by atoms with Crippen LogP contribution in [0.25, 0.3) is 5.69 Å². The van der Waals surface area contributed by atoms with Crippen molar-refractivity contribution in [3.05, 3.63) is 30.1 Å². The predicted molar refractivity (Wildman–Crippen MR) is 83.8 cm³/mol. The van der Waals surface area contributed by atoms with E-state index in [9.17, 15) is 0 Å². The third-order valence-corrected chi connectivity index (χ3v) is 4.31. The molecule has 0 atom stereocenters. The fourth-order valence-electron chi connectivity index (χ4n) is 3.39. The highest BCUT2D eigenvalue weighted by Crippen LogP contribution is 2.27. The summed E-state index contributed by atoms with van der Waals surface area (Å²) in [6.45, 7) is 10.1. The molecule has 5 nitrogen and oxygen atoms in total. The number of aryl methyl sites for hydroxylation is 2. The van der Waals surface area contributed by atoms with Crippen LogP contribution in [-0.4, -0.2) is 43.9 Å². The molecule has 114 valence electrons. The lowest BCUT2D eigenvalue weighted by Crippen LogP contribution is -2.37. The predicted octanol–water partition coefficient (Wildman–Crippen LogP) is 2.29. The Morgan fingerprint density at radius 3 is 2.57 bits per heavy atom. The number of hydrogen-bond acceptors (Lipinski definition) is 3. The van der Waals surface area contributed by atoms with Gasteiger partial charge in [-0.15, -0.1) is 0 Å². The van der Waals surface area contributed by atoms with E-state index in [-0.39, 0.29) is 5.41 Å². The molecule has 21 heavy (non-hydrogen) atoms. The molecule has 3 rings (SSSR count). The van der Waals surface area contributed by atoms with E-state index in [2.05, 4.69) is 39.6 Å². The van der Waals surface area contributed by atoms with E-state index in [1.807, 2.05) is 31.0 Å². The van der Waals surface area contributed by atoms with Crippen molar-refractivity contribution in [3.8, 4) is 5.69 Å². The van der Waals surface area contributed by atoms with Gasteiger partial charge in [-0.2, -0.15) is 5.10 Å². The Labute approximate surface area is 126 Å². The van der Waals surface area contributed by atoms with Crippen LogP contribution in [0.2, 0.25) is 0 Å². The van der Waals surface area contributed by atoms with E-state index in [0.717, 1.165) is 23.8 Å². The maximum atomic E-state index is 4.66. The van der Waals surface area contributed by atoms with Gasteiger partial charge in [0.15, 0.2) is 0 Å². The lowest BCUT2D eigenvalue weighted by molar-refractivity contribution is 0.260. The number of aromatic nitrogens is 4. The lowest BCUT2D eigenvalue weighted by Gasteiger charge is -2.30. The Bertz CT molecular complexity index is 616. The zero-order valence-corrected chi connectivity index (χ0v) is 13.5. The first-order chi connectivity index (χ1) is 9.97. The summed E-state index contributed by atoms with van der Waals surface area (Å²) in [5.41, 5.74) is 2.18. The standard InChI is InChI=1S/C16H25N5/c1-13-14(11-19(4)18-13)21-10-7-17-15(21)16(2,3)12-20-8-5-6-9-20/h7,10-11H,5-6,8-9,12H2,1-4H3. The molecule has 1 aliphatic heterocycles. The number of hydrogen-bond donors (Lipinski definition) is 0. The molecule has 1 fully saturated rings. The van der Waals surface area contributed by atoms with Crippen LogP contribution in [0.5, 0.6) is 0 Å². The minimum atomic E-state index is 0.0239. The summed E-state index contributed by atoms with van der Waals surface area (Å²) in [6, 6.07) is 0. The highest BCUT2D eigenvalue weighted by Gasteiger charge is 2.30. The number of rotatable bonds is 4. The molecule has 0 N–H and O–H groups in total. The van der Waals surface area contributed by atoms with Crippen molar-refractivity contribution in [2.24, 2.45) is 7.05 Å². The van der Waals surface area contributed by atoms with Crippen LogP contribution < -0.4 is 0 Å². The van der Waals surface area contributed by atoms with Crippen molar-refractivity contribution in [1.29, 1.82) is 0 Å². The third kappa shape index (κ3) is 2.75. The van der Waals surface area contributed by atoms with Gasteiger partial charge in [0.2, 0.25) is 0 Å². The molecular formula is C16H25N5. The summed E-state index contributed by atoms with van der Waals surface area (Å²) in [5.74, 6) is 1.12. The Balaban J connectivity index is 1.92. The molecule has 2 aromatic heterocycles. The highest BCUT2D eigenvalue weighted by molar-refractivity contribution is 5.36. The molecule has 1 aliphatic rings. The zero-order valence-electron chi connectivity index (χ0n) is 13.5. The molecule has 5 heteroatoms. The topological polar surface area (TPSA) is 38.9 Å². The van der Waals surface area contributed by atoms with Crippen LogP contribution in [0, 0.1) is 6.92 Å². The quantitative estimate of drug-likeness (QED) is 0.866. The van der Waals surface area contributed by atoms with Gasteiger partial charge < -0.3 is 4.90 Å². The van der Waals surface area contributed by atoms with Crippen LogP contribution >= 0.6 is 0 Å². The van der Waals surface area contributed by atoms with Gasteiger partial charge in [0.25, 0.3) is 0 Å². The molecule has 0 radical (unpaired) electrons. The van der Waals surface area contributed by atoms with Crippen LogP contribution in [-0.2, 0) is 12.5 Å². The van der Waals surface area contributed by atoms with Gasteiger partial charge in [0.05, 0.1) is 11.4 Å². The van der Waals surface area contributed by atoms with Crippen LogP contribution in [0.15, 0.2) is 18.6 Å². The van der Waals surface area contributed by atoms with Crippen molar-refractivity contribution in [3.63, 3.8) is 0 Å². The smallest absolute Gasteiger partial charge is 0.120 e. The van der Waals surface area contributed by atoms with E-state index in [4.69, 9.17) is 0 Å². The van der Waals surface area contributed by atoms with Gasteiger partial charge >= 0.3 is 0 Å². The lowest BCUT2D eigenvalue weighted by atomic mass is 9.91. The molecular weight excluding hydrogens is 262 g/mol. The van der Waals surface area contributed by atoms with Gasteiger partial charge in [-0.25, -0.2) is 4.98 Å². The van der Waals surface area contributed by atoms with Gasteiger partial charge in [0.1, 0.15) is 5.82 Å². The van der Waals surface area contributed by atoms with Crippen molar-refractivity contribution in [1.82, 2.24) is 24.2 Å². The van der Waals surface area contributed by atoms with Crippen LogP contribution in [0.1, 0.15) is 38.2 Å². The van der Waals surface area contributed by atoms with Gasteiger partial charge in [-0.1, -0.05) is 13.8 Å². The Hall–Kier alpha value is -1.62. The molecule has 1 saturated heterocycles. The normalized spacial score (nSPS) is 16.8. The Morgan fingerprint density at radius 2 is 1.95 bits per heavy atom. The maximum Gasteiger partial charge on any atom is 0.120 e. The van der Waals surface area contributed by atoms with Gasteiger partial charge in [-0.05, 0) is 32.9 Å². The minimum Gasteiger partial charge on any atom is -0.302 e. The first-order valence-electron chi connectivity index (χ1n) is 7.74. The van der Waals surface area contributed by atoms with Crippen LogP contribution in [0.4, 0.5) is 0 Å². The Morgan fingerprint density at radius 1 is 1.24 bits per heavy atom. The summed E-state index contributed by atoms with van der Waals surface area (Å²) < 4.78 is 4.06. The first-order valence-corrected chi connectivity index (χ1v) is 7.74. The summed E-state index contributed by atoms with van der Waals surface area (Å²) in [4.78, 5) is 7.21. The average Bonchev–Trinajstić information content (AvgIpc) is 3.09. The summed E-state index contributed by atoms with van der Waals surface area (Å²) in [7, 11) is 1.96. The van der Waals surface area contributed by atoms with Crippen molar-refractivity contribution >= 4 is 0 Å². The SMILES string of the molecule is Cc1nn(C)cc1-n1ccnc1C(C)(C)CN1CCCC1. The maximum absolute atomic E-state index is 4.66. The largest absolute Gasteiger partial charge is 0.302 e. The summed E-state index contributed by atoms with van der Waals surface area (Å²) in [6.07, 6.45) is 8.66. The fraction of sp³-hybridized carbons (Fsp3) is 0.625. The number of likely N-dealkylation sites (tertiary alicyclic amines) is 1. The summed E-state index contributed by atoms with van der Waals surface area (Å²) in [5, 5.41) is 4.45. The molecule has 0 aliphatic carbocycles. The minimum absolute atomic E-state index is 0.0239. The van der Waals surface area contributed by atoms with E-state index < -0.39 is 0 Å². The molecule has 3 heterocycles. The third-order valence-electron chi connectivity index (χ3n) is 4.31.